The van der Waals surface area contributed by atoms with Crippen LogP contribution >= 0.6 is 0 Å². The highest BCUT2D eigenvalue weighted by atomic mass is 16.5. The van der Waals surface area contributed by atoms with Gasteiger partial charge in [0, 0.05) is 5.56 Å². The minimum atomic E-state index is -1.32. The zero-order chi connectivity index (χ0) is 24.8. The molecule has 0 spiro atoms. The van der Waals surface area contributed by atoms with Crippen molar-refractivity contribution in [3.8, 4) is 22.3 Å². The number of hydrogen-bond donors (Lipinski definition) is 2. The highest BCUT2D eigenvalue weighted by Crippen LogP contribution is 2.36. The monoisotopic (exact) mass is 462 g/mol. The van der Waals surface area contributed by atoms with E-state index in [0.717, 1.165) is 0 Å². The van der Waals surface area contributed by atoms with Gasteiger partial charge in [-0.2, -0.15) is 0 Å². The average Bonchev–Trinajstić information content (AvgIpc) is 2.83. The van der Waals surface area contributed by atoms with Crippen LogP contribution in [0.3, 0.4) is 0 Å². The number of carboxylic acid groups (broad SMARTS) is 2. The van der Waals surface area contributed by atoms with Crippen molar-refractivity contribution in [2.75, 3.05) is 13.2 Å². The van der Waals surface area contributed by atoms with Crippen molar-refractivity contribution >= 4 is 23.9 Å². The summed E-state index contributed by atoms with van der Waals surface area (Å²) in [5.41, 5.74) is 1.21. The van der Waals surface area contributed by atoms with Crippen molar-refractivity contribution in [2.24, 2.45) is 0 Å². The molecule has 0 fully saturated rings. The summed E-state index contributed by atoms with van der Waals surface area (Å²) in [6.45, 7) is 3.79. The molecule has 8 nitrogen and oxygen atoms in total. The lowest BCUT2D eigenvalue weighted by Crippen LogP contribution is -2.10. The zero-order valence-electron chi connectivity index (χ0n) is 18.5. The van der Waals surface area contributed by atoms with Crippen LogP contribution in [0.4, 0.5) is 0 Å². The van der Waals surface area contributed by atoms with E-state index in [1.807, 2.05) is 0 Å². The second-order valence-corrected chi connectivity index (χ2v) is 7.12. The average molecular weight is 462 g/mol. The Morgan fingerprint density at radius 2 is 1.12 bits per heavy atom. The highest BCUT2D eigenvalue weighted by molar-refractivity contribution is 6.09. The first-order valence-corrected chi connectivity index (χ1v) is 10.5. The lowest BCUT2D eigenvalue weighted by Gasteiger charge is -2.16. The smallest absolute Gasteiger partial charge is 0.338 e. The van der Waals surface area contributed by atoms with Crippen molar-refractivity contribution in [1.29, 1.82) is 0 Å². The van der Waals surface area contributed by atoms with Gasteiger partial charge in [-0.1, -0.05) is 30.3 Å². The van der Waals surface area contributed by atoms with E-state index >= 15 is 0 Å². The van der Waals surface area contributed by atoms with E-state index in [-0.39, 0.29) is 41.0 Å². The maximum Gasteiger partial charge on any atom is 0.338 e. The van der Waals surface area contributed by atoms with Gasteiger partial charge in [-0.3, -0.25) is 0 Å². The molecule has 0 bridgehead atoms. The molecule has 3 aromatic rings. The van der Waals surface area contributed by atoms with Gasteiger partial charge in [-0.05, 0) is 60.9 Å². The van der Waals surface area contributed by atoms with E-state index in [1.165, 1.54) is 48.5 Å². The van der Waals surface area contributed by atoms with Crippen LogP contribution in [0, 0.1) is 0 Å². The minimum Gasteiger partial charge on any atom is -0.478 e. The molecule has 0 unspecified atom stereocenters. The van der Waals surface area contributed by atoms with Crippen molar-refractivity contribution in [3.63, 3.8) is 0 Å². The summed E-state index contributed by atoms with van der Waals surface area (Å²) in [7, 11) is 0. The molecule has 0 heterocycles. The molecule has 174 valence electrons. The van der Waals surface area contributed by atoms with E-state index in [2.05, 4.69) is 0 Å². The summed E-state index contributed by atoms with van der Waals surface area (Å²) in [4.78, 5) is 48.2. The normalized spacial score (nSPS) is 10.4. The van der Waals surface area contributed by atoms with E-state index in [1.54, 1.807) is 26.0 Å². The van der Waals surface area contributed by atoms with Gasteiger partial charge in [-0.15, -0.1) is 0 Å². The maximum absolute atomic E-state index is 12.3. The Balaban J connectivity index is 2.17. The van der Waals surface area contributed by atoms with Crippen molar-refractivity contribution in [1.82, 2.24) is 0 Å². The zero-order valence-corrected chi connectivity index (χ0v) is 18.5. The van der Waals surface area contributed by atoms with Gasteiger partial charge in [0.2, 0.25) is 0 Å². The van der Waals surface area contributed by atoms with E-state index in [4.69, 9.17) is 9.47 Å². The fourth-order valence-electron chi connectivity index (χ4n) is 3.53. The Hall–Kier alpha value is -4.46. The van der Waals surface area contributed by atoms with Gasteiger partial charge in [0.15, 0.2) is 0 Å². The molecular formula is C26H22O8. The van der Waals surface area contributed by atoms with Gasteiger partial charge in [0.25, 0.3) is 0 Å². The van der Waals surface area contributed by atoms with Gasteiger partial charge in [-0.25, -0.2) is 19.2 Å². The third-order valence-electron chi connectivity index (χ3n) is 5.04. The number of hydrogen-bond acceptors (Lipinski definition) is 6. The Morgan fingerprint density at radius 3 is 1.53 bits per heavy atom. The van der Waals surface area contributed by atoms with Crippen molar-refractivity contribution in [3.05, 3.63) is 82.9 Å². The predicted octanol–water partition coefficient (Wildman–Crippen LogP) is 4.77. The number of esters is 2. The van der Waals surface area contributed by atoms with Crippen LogP contribution in [0.1, 0.15) is 55.3 Å². The lowest BCUT2D eigenvalue weighted by molar-refractivity contribution is 0.0517. The number of aromatic carboxylic acids is 2. The van der Waals surface area contributed by atoms with Crippen LogP contribution in [0.25, 0.3) is 22.3 Å². The van der Waals surface area contributed by atoms with Crippen molar-refractivity contribution in [2.45, 2.75) is 13.8 Å². The molecule has 8 heteroatoms. The molecular weight excluding hydrogens is 440 g/mol. The number of benzene rings is 3. The fourth-order valence-corrected chi connectivity index (χ4v) is 3.53. The second-order valence-electron chi connectivity index (χ2n) is 7.12. The summed E-state index contributed by atoms with van der Waals surface area (Å²) in [6, 6.07) is 14.8. The quantitative estimate of drug-likeness (QED) is 0.458. The molecule has 34 heavy (non-hydrogen) atoms. The molecule has 0 aliphatic carbocycles. The molecule has 2 N–H and O–H groups in total. The lowest BCUT2D eigenvalue weighted by atomic mass is 9.87. The standard InChI is InChI=1S/C26H22O8/c1-3-33-25(31)17-9-5-15(6-10-17)19-13-14-20(23(27)28)21(22(19)24(29)30)16-7-11-18(12-8-16)26(32)34-4-2/h5-14H,3-4H2,1-2H3,(H,27,28)(H,29,30). The highest BCUT2D eigenvalue weighted by Gasteiger charge is 2.25. The number of carbonyl (C=O) groups excluding carboxylic acids is 2. The summed E-state index contributed by atoms with van der Waals surface area (Å²) >= 11 is 0. The van der Waals surface area contributed by atoms with Crippen LogP contribution in [0.5, 0.6) is 0 Å². The SMILES string of the molecule is CCOC(=O)c1ccc(-c2ccc(C(=O)O)c(-c3ccc(C(=O)OCC)cc3)c2C(=O)O)cc1. The molecule has 0 atom stereocenters. The largest absolute Gasteiger partial charge is 0.478 e. The summed E-state index contributed by atoms with van der Waals surface area (Å²) in [5, 5.41) is 19.8. The second kappa shape index (κ2) is 10.4. The Kier molecular flexibility index (Phi) is 7.43. The summed E-state index contributed by atoms with van der Waals surface area (Å²) in [6.07, 6.45) is 0. The summed E-state index contributed by atoms with van der Waals surface area (Å²) in [5.74, 6) is -3.66. The molecule has 0 saturated heterocycles. The molecule has 0 radical (unpaired) electrons. The Bertz CT molecular complexity index is 1240. The molecule has 0 aliphatic rings. The number of ether oxygens (including phenoxy) is 2. The van der Waals surface area contributed by atoms with Gasteiger partial charge >= 0.3 is 23.9 Å². The van der Waals surface area contributed by atoms with Crippen molar-refractivity contribution < 1.29 is 38.9 Å². The first-order valence-electron chi connectivity index (χ1n) is 10.5. The molecule has 0 saturated carbocycles. The summed E-state index contributed by atoms with van der Waals surface area (Å²) < 4.78 is 9.92. The topological polar surface area (TPSA) is 127 Å². The van der Waals surface area contributed by atoms with Crippen LogP contribution in [0.15, 0.2) is 60.7 Å². The predicted molar refractivity (Wildman–Crippen MR) is 123 cm³/mol. The molecule has 3 aromatic carbocycles. The van der Waals surface area contributed by atoms with E-state index < -0.39 is 23.9 Å². The first-order chi connectivity index (χ1) is 16.3. The van der Waals surface area contributed by atoms with Gasteiger partial charge in [0.1, 0.15) is 0 Å². The number of carboxylic acids is 2. The first kappa shape index (κ1) is 24.2. The number of rotatable bonds is 8. The molecule has 0 aliphatic heterocycles. The number of carbonyl (C=O) groups is 4. The van der Waals surface area contributed by atoms with E-state index in [0.29, 0.717) is 16.7 Å². The molecule has 0 aromatic heterocycles. The van der Waals surface area contributed by atoms with Crippen LogP contribution < -0.4 is 0 Å². The fraction of sp³-hybridized carbons (Fsp3) is 0.154. The molecule has 3 rings (SSSR count). The molecule has 0 amide bonds. The van der Waals surface area contributed by atoms with Gasteiger partial charge in [0.05, 0.1) is 35.5 Å². The Morgan fingerprint density at radius 1 is 0.647 bits per heavy atom. The maximum atomic E-state index is 12.3. The van der Waals surface area contributed by atoms with Crippen LogP contribution in [-0.4, -0.2) is 47.3 Å². The third-order valence-corrected chi connectivity index (χ3v) is 5.04. The van der Waals surface area contributed by atoms with Crippen LogP contribution in [-0.2, 0) is 9.47 Å². The third kappa shape index (κ3) is 4.96. The van der Waals surface area contributed by atoms with Gasteiger partial charge < -0.3 is 19.7 Å². The Labute approximate surface area is 195 Å². The van der Waals surface area contributed by atoms with E-state index in [9.17, 15) is 29.4 Å². The minimum absolute atomic E-state index is 0.00220. The van der Waals surface area contributed by atoms with Crippen LogP contribution in [0.2, 0.25) is 0 Å².